The van der Waals surface area contributed by atoms with E-state index in [0.29, 0.717) is 5.56 Å². The molecule has 0 saturated carbocycles. The molecule has 0 aromatic heterocycles. The number of ether oxygens (including phenoxy) is 1. The zero-order valence-corrected chi connectivity index (χ0v) is 10.4. The molecule has 1 rings (SSSR count). The van der Waals surface area contributed by atoms with Crippen LogP contribution in [0.15, 0.2) is 18.2 Å². The molecule has 0 heterocycles. The van der Waals surface area contributed by atoms with Gasteiger partial charge in [-0.1, -0.05) is 32.4 Å². The van der Waals surface area contributed by atoms with Crippen molar-refractivity contribution in [3.05, 3.63) is 29.6 Å². The van der Waals surface area contributed by atoms with Gasteiger partial charge in [-0.05, 0) is 18.9 Å². The fraction of sp³-hybridized carbons (Fsp3) is 0.538. The van der Waals surface area contributed by atoms with Gasteiger partial charge in [-0.2, -0.15) is 0 Å². The molecule has 2 atom stereocenters. The van der Waals surface area contributed by atoms with E-state index < -0.39 is 5.54 Å². The second-order valence-corrected chi connectivity index (χ2v) is 4.41. The Morgan fingerprint density at radius 1 is 1.50 bits per heavy atom. The molecule has 0 spiro atoms. The fourth-order valence-corrected chi connectivity index (χ4v) is 1.77. The third kappa shape index (κ3) is 2.19. The molecule has 16 heavy (non-hydrogen) atoms. The molecule has 2 nitrogen and oxygen atoms in total. The summed E-state index contributed by atoms with van der Waals surface area (Å²) in [6.07, 6.45) is 0.906. The van der Waals surface area contributed by atoms with E-state index in [-0.39, 0.29) is 17.5 Å². The smallest absolute Gasteiger partial charge is 0.170 e. The van der Waals surface area contributed by atoms with Gasteiger partial charge in [0.05, 0.1) is 7.11 Å². The van der Waals surface area contributed by atoms with Gasteiger partial charge in [0.1, 0.15) is 0 Å². The van der Waals surface area contributed by atoms with Gasteiger partial charge in [-0.25, -0.2) is 4.39 Å². The topological polar surface area (TPSA) is 35.2 Å². The summed E-state index contributed by atoms with van der Waals surface area (Å²) in [5.74, 6) is 0.0990. The van der Waals surface area contributed by atoms with E-state index in [4.69, 9.17) is 10.5 Å². The van der Waals surface area contributed by atoms with E-state index in [1.54, 1.807) is 18.2 Å². The molecule has 2 unspecified atom stereocenters. The second kappa shape index (κ2) is 4.83. The molecule has 90 valence electrons. The number of hydrogen-bond donors (Lipinski definition) is 1. The minimum Gasteiger partial charge on any atom is -0.494 e. The molecule has 0 saturated heterocycles. The Kier molecular flexibility index (Phi) is 3.92. The Hall–Kier alpha value is -1.09. The number of halogens is 1. The third-order valence-corrected chi connectivity index (χ3v) is 3.40. The van der Waals surface area contributed by atoms with Crippen LogP contribution in [0, 0.1) is 11.7 Å². The van der Waals surface area contributed by atoms with Gasteiger partial charge in [0.15, 0.2) is 11.6 Å². The van der Waals surface area contributed by atoms with Crippen molar-refractivity contribution in [2.75, 3.05) is 7.11 Å². The summed E-state index contributed by atoms with van der Waals surface area (Å²) < 4.78 is 19.0. The highest BCUT2D eigenvalue weighted by Crippen LogP contribution is 2.33. The standard InChI is InChI=1S/C13H20FNO/c1-5-9(2)13(3,15)10-7-6-8-11(16-4)12(10)14/h6-9H,5,15H2,1-4H3. The van der Waals surface area contributed by atoms with Crippen molar-refractivity contribution in [1.29, 1.82) is 0 Å². The first-order valence-corrected chi connectivity index (χ1v) is 5.57. The van der Waals surface area contributed by atoms with Gasteiger partial charge in [0.25, 0.3) is 0 Å². The summed E-state index contributed by atoms with van der Waals surface area (Å²) in [6.45, 7) is 5.94. The first-order valence-electron chi connectivity index (χ1n) is 5.57. The van der Waals surface area contributed by atoms with E-state index >= 15 is 0 Å². The lowest BCUT2D eigenvalue weighted by Crippen LogP contribution is -2.40. The summed E-state index contributed by atoms with van der Waals surface area (Å²) in [4.78, 5) is 0. The van der Waals surface area contributed by atoms with Crippen LogP contribution in [0.3, 0.4) is 0 Å². The number of rotatable bonds is 4. The van der Waals surface area contributed by atoms with Gasteiger partial charge >= 0.3 is 0 Å². The normalized spacial score (nSPS) is 16.6. The minimum absolute atomic E-state index is 0.203. The maximum atomic E-state index is 14.1. The van der Waals surface area contributed by atoms with Gasteiger partial charge in [-0.15, -0.1) is 0 Å². The highest BCUT2D eigenvalue weighted by molar-refractivity contribution is 5.35. The maximum absolute atomic E-state index is 14.1. The highest BCUT2D eigenvalue weighted by Gasteiger charge is 2.31. The summed E-state index contributed by atoms with van der Waals surface area (Å²) in [5.41, 5.74) is 6.06. The molecule has 3 heteroatoms. The van der Waals surface area contributed by atoms with Crippen LogP contribution >= 0.6 is 0 Å². The molecule has 0 aliphatic heterocycles. The zero-order chi connectivity index (χ0) is 12.3. The molecule has 1 aromatic rings. The molecular formula is C13H20FNO. The molecule has 0 amide bonds. The highest BCUT2D eigenvalue weighted by atomic mass is 19.1. The average Bonchev–Trinajstić information content (AvgIpc) is 2.27. The second-order valence-electron chi connectivity index (χ2n) is 4.41. The SMILES string of the molecule is CCC(C)C(C)(N)c1cccc(OC)c1F. The van der Waals surface area contributed by atoms with Gasteiger partial charge in [0.2, 0.25) is 0 Å². The van der Waals surface area contributed by atoms with Crippen LogP contribution in [0.4, 0.5) is 4.39 Å². The zero-order valence-electron chi connectivity index (χ0n) is 10.4. The molecule has 0 bridgehead atoms. The van der Waals surface area contributed by atoms with E-state index in [2.05, 4.69) is 0 Å². The largest absolute Gasteiger partial charge is 0.494 e. The van der Waals surface area contributed by atoms with Crippen LogP contribution in [0.1, 0.15) is 32.8 Å². The van der Waals surface area contributed by atoms with Crippen molar-refractivity contribution in [2.45, 2.75) is 32.7 Å². The summed E-state index contributed by atoms with van der Waals surface area (Å²) in [5, 5.41) is 0. The van der Waals surface area contributed by atoms with Gasteiger partial charge < -0.3 is 10.5 Å². The molecular weight excluding hydrogens is 205 g/mol. The van der Waals surface area contributed by atoms with E-state index in [1.807, 2.05) is 20.8 Å². The average molecular weight is 225 g/mol. The number of methoxy groups -OCH3 is 1. The van der Waals surface area contributed by atoms with Crippen molar-refractivity contribution in [3.63, 3.8) is 0 Å². The minimum atomic E-state index is -0.673. The van der Waals surface area contributed by atoms with Gasteiger partial charge in [-0.3, -0.25) is 0 Å². The lowest BCUT2D eigenvalue weighted by atomic mass is 9.80. The lowest BCUT2D eigenvalue weighted by molar-refractivity contribution is 0.298. The van der Waals surface area contributed by atoms with E-state index in [0.717, 1.165) is 6.42 Å². The Balaban J connectivity index is 3.22. The Labute approximate surface area is 96.6 Å². The fourth-order valence-electron chi connectivity index (χ4n) is 1.77. The van der Waals surface area contributed by atoms with Crippen LogP contribution in [-0.2, 0) is 5.54 Å². The molecule has 0 aliphatic carbocycles. The third-order valence-electron chi connectivity index (χ3n) is 3.40. The summed E-state index contributed by atoms with van der Waals surface area (Å²) in [7, 11) is 1.46. The first kappa shape index (κ1) is 13.0. The van der Waals surface area contributed by atoms with Crippen LogP contribution in [0.25, 0.3) is 0 Å². The monoisotopic (exact) mass is 225 g/mol. The van der Waals surface area contributed by atoms with Crippen LogP contribution in [-0.4, -0.2) is 7.11 Å². The molecule has 0 aliphatic rings. The predicted molar refractivity (Wildman–Crippen MR) is 63.9 cm³/mol. The van der Waals surface area contributed by atoms with Crippen LogP contribution < -0.4 is 10.5 Å². The van der Waals surface area contributed by atoms with Crippen molar-refractivity contribution >= 4 is 0 Å². The van der Waals surface area contributed by atoms with Gasteiger partial charge in [0, 0.05) is 11.1 Å². The Bertz CT molecular complexity index is 363. The number of hydrogen-bond acceptors (Lipinski definition) is 2. The summed E-state index contributed by atoms with van der Waals surface area (Å²) in [6, 6.07) is 5.10. The maximum Gasteiger partial charge on any atom is 0.170 e. The predicted octanol–water partition coefficient (Wildman–Crippen LogP) is 3.05. The molecule has 2 N–H and O–H groups in total. The van der Waals surface area contributed by atoms with Crippen molar-refractivity contribution < 1.29 is 9.13 Å². The lowest BCUT2D eigenvalue weighted by Gasteiger charge is -2.32. The quantitative estimate of drug-likeness (QED) is 0.854. The van der Waals surface area contributed by atoms with Crippen molar-refractivity contribution in [3.8, 4) is 5.75 Å². The first-order chi connectivity index (χ1) is 7.45. The molecule has 1 aromatic carbocycles. The number of benzene rings is 1. The molecule has 0 radical (unpaired) electrons. The summed E-state index contributed by atoms with van der Waals surface area (Å²) >= 11 is 0. The Morgan fingerprint density at radius 2 is 2.12 bits per heavy atom. The number of nitrogens with two attached hydrogens (primary N) is 1. The van der Waals surface area contributed by atoms with E-state index in [1.165, 1.54) is 7.11 Å². The molecule has 0 fully saturated rings. The van der Waals surface area contributed by atoms with Crippen LogP contribution in [0.2, 0.25) is 0 Å². The van der Waals surface area contributed by atoms with Crippen molar-refractivity contribution in [1.82, 2.24) is 0 Å². The Morgan fingerprint density at radius 3 is 2.62 bits per heavy atom. The van der Waals surface area contributed by atoms with Crippen molar-refractivity contribution in [2.24, 2.45) is 11.7 Å². The van der Waals surface area contributed by atoms with E-state index in [9.17, 15) is 4.39 Å². The van der Waals surface area contributed by atoms with Crippen LogP contribution in [0.5, 0.6) is 5.75 Å².